The predicted octanol–water partition coefficient (Wildman–Crippen LogP) is 2.64. The number of halogens is 1. The number of fused-ring (bicyclic) bond motifs is 8. The molecule has 1 aromatic heterocycles. The molecular weight excluding hydrogens is 748 g/mol. The van der Waals surface area contributed by atoms with Crippen LogP contribution in [0.4, 0.5) is 0 Å². The summed E-state index contributed by atoms with van der Waals surface area (Å²) in [6.07, 6.45) is 0. The summed E-state index contributed by atoms with van der Waals surface area (Å²) in [6.45, 7) is 0. The zero-order chi connectivity index (χ0) is 34.1. The molecule has 238 valence electrons. The van der Waals surface area contributed by atoms with Crippen molar-refractivity contribution in [2.75, 3.05) is 0 Å². The van der Waals surface area contributed by atoms with Crippen LogP contribution in [0.3, 0.4) is 0 Å². The number of hydrogen-bond donors (Lipinski definition) is 5. The van der Waals surface area contributed by atoms with Crippen molar-refractivity contribution in [1.29, 1.82) is 0 Å². The first kappa shape index (κ1) is 31.0. The Morgan fingerprint density at radius 2 is 0.894 bits per heavy atom. The van der Waals surface area contributed by atoms with Crippen LogP contribution in [0.15, 0.2) is 86.9 Å². The molecule has 0 bridgehead atoms. The van der Waals surface area contributed by atoms with Crippen molar-refractivity contribution in [2.24, 2.45) is 0 Å². The Kier molecular flexibility index (Phi) is 6.40. The summed E-state index contributed by atoms with van der Waals surface area (Å²) < 4.78 is 103. The lowest BCUT2D eigenvalue weighted by atomic mass is 9.99. The third-order valence-electron chi connectivity index (χ3n) is 7.83. The average Bonchev–Trinajstić information content (AvgIpc) is 2.98. The molecule has 7 rings (SSSR count). The van der Waals surface area contributed by atoms with Crippen molar-refractivity contribution in [3.8, 4) is 0 Å². The SMILES string of the molecule is O=c1c2ccccc2c(=O)c2c1ccc1[nH]c3c(ccc4c(=O)c5c(Br)c(S(=O)(=O)O)c(S(=O)(=O)O)c(S(=O)(=O)O)c5c(=O)c43)[nH]c12. The number of hydrogen-bond acceptors (Lipinski definition) is 10. The van der Waals surface area contributed by atoms with Crippen molar-refractivity contribution < 1.29 is 38.9 Å². The maximum atomic E-state index is 14.2. The second-order valence-corrected chi connectivity index (χ2v) is 15.3. The molecular formula is C28H13BrN2O13S3. The van der Waals surface area contributed by atoms with Crippen LogP contribution < -0.4 is 21.7 Å². The molecule has 0 aliphatic rings. The minimum Gasteiger partial charge on any atom is -0.351 e. The molecule has 47 heavy (non-hydrogen) atoms. The van der Waals surface area contributed by atoms with E-state index in [-0.39, 0.29) is 43.6 Å². The largest absolute Gasteiger partial charge is 0.351 e. The van der Waals surface area contributed by atoms with E-state index in [4.69, 9.17) is 0 Å². The summed E-state index contributed by atoms with van der Waals surface area (Å²) >= 11 is 2.67. The van der Waals surface area contributed by atoms with E-state index in [1.807, 2.05) is 0 Å². The van der Waals surface area contributed by atoms with E-state index < -0.39 is 92.8 Å². The lowest BCUT2D eigenvalue weighted by Gasteiger charge is -2.15. The summed E-state index contributed by atoms with van der Waals surface area (Å²) in [4.78, 5) is 54.8. The molecule has 0 radical (unpaired) electrons. The molecule has 19 heteroatoms. The molecule has 0 saturated carbocycles. The Hall–Kier alpha value is -4.63. The molecule has 0 amide bonds. The van der Waals surface area contributed by atoms with E-state index in [0.717, 1.165) is 6.07 Å². The molecule has 0 atom stereocenters. The van der Waals surface area contributed by atoms with Gasteiger partial charge in [0.1, 0.15) is 14.7 Å². The van der Waals surface area contributed by atoms with Crippen LogP contribution >= 0.6 is 15.9 Å². The smallest absolute Gasteiger partial charge is 0.297 e. The van der Waals surface area contributed by atoms with Gasteiger partial charge in [-0.05, 0) is 40.2 Å². The van der Waals surface area contributed by atoms with Crippen LogP contribution in [0.1, 0.15) is 0 Å². The van der Waals surface area contributed by atoms with Gasteiger partial charge in [-0.3, -0.25) is 32.8 Å². The van der Waals surface area contributed by atoms with Gasteiger partial charge in [-0.15, -0.1) is 0 Å². The summed E-state index contributed by atoms with van der Waals surface area (Å²) in [5.41, 5.74) is -3.45. The van der Waals surface area contributed by atoms with Crippen molar-refractivity contribution in [1.82, 2.24) is 9.97 Å². The van der Waals surface area contributed by atoms with Crippen molar-refractivity contribution in [3.05, 3.63) is 93.9 Å². The lowest BCUT2D eigenvalue weighted by Crippen LogP contribution is -2.23. The normalized spacial score (nSPS) is 13.1. The molecule has 7 aromatic rings. The average molecular weight is 762 g/mol. The number of nitrogens with one attached hydrogen (secondary N) is 2. The fourth-order valence-electron chi connectivity index (χ4n) is 6.01. The third-order valence-corrected chi connectivity index (χ3v) is 11.9. The summed E-state index contributed by atoms with van der Waals surface area (Å²) in [5.74, 6) is 0. The van der Waals surface area contributed by atoms with Gasteiger partial charge in [-0.1, -0.05) is 24.3 Å². The first-order valence-corrected chi connectivity index (χ1v) is 17.9. The Bertz CT molecular complexity index is 3250. The second kappa shape index (κ2) is 9.70. The minimum atomic E-state index is -5.96. The van der Waals surface area contributed by atoms with Crippen LogP contribution in [-0.4, -0.2) is 48.9 Å². The van der Waals surface area contributed by atoms with Crippen LogP contribution in [0.5, 0.6) is 0 Å². The van der Waals surface area contributed by atoms with E-state index in [0.29, 0.717) is 0 Å². The Morgan fingerprint density at radius 1 is 0.468 bits per heavy atom. The van der Waals surface area contributed by atoms with Crippen LogP contribution in [-0.2, 0) is 30.4 Å². The minimum absolute atomic E-state index is 0.00273. The number of rotatable bonds is 3. The van der Waals surface area contributed by atoms with E-state index in [1.165, 1.54) is 30.3 Å². The van der Waals surface area contributed by atoms with E-state index in [1.54, 1.807) is 12.1 Å². The standard InChI is InChI=1S/C28H13BrN2O13S3/c29-19-17-18(26(45(36,37)38)28(47(42,43)44)27(19)46(39,40)41)25(35)16-12(24(17)34)6-8-14-21(16)31-13-7-5-11-15(20(13)30-14)23(33)10-4-2-1-3-9(10)22(11)32/h1-8,30-31H,(H,36,37,38)(H,39,40,41)(H,42,43,44). The summed E-state index contributed by atoms with van der Waals surface area (Å²) in [6, 6.07) is 11.3. The monoisotopic (exact) mass is 760 g/mol. The predicted molar refractivity (Wildman–Crippen MR) is 174 cm³/mol. The molecule has 0 saturated heterocycles. The van der Waals surface area contributed by atoms with Gasteiger partial charge in [0.2, 0.25) is 0 Å². The van der Waals surface area contributed by atoms with E-state index >= 15 is 0 Å². The molecule has 1 heterocycles. The molecule has 15 nitrogen and oxygen atoms in total. The highest BCUT2D eigenvalue weighted by molar-refractivity contribution is 9.10. The molecule has 0 fully saturated rings. The first-order valence-electron chi connectivity index (χ1n) is 12.8. The number of aromatic nitrogens is 2. The number of aromatic amines is 2. The van der Waals surface area contributed by atoms with Gasteiger partial charge in [0.15, 0.2) is 21.7 Å². The van der Waals surface area contributed by atoms with Gasteiger partial charge >= 0.3 is 0 Å². The van der Waals surface area contributed by atoms with Crippen LogP contribution in [0.2, 0.25) is 0 Å². The molecule has 0 spiro atoms. The maximum Gasteiger partial charge on any atom is 0.297 e. The fourth-order valence-corrected chi connectivity index (χ4v) is 10.8. The van der Waals surface area contributed by atoms with Gasteiger partial charge in [-0.25, -0.2) is 0 Å². The van der Waals surface area contributed by atoms with Crippen LogP contribution in [0.25, 0.3) is 65.2 Å². The van der Waals surface area contributed by atoms with Gasteiger partial charge < -0.3 is 9.97 Å². The van der Waals surface area contributed by atoms with Gasteiger partial charge in [0.25, 0.3) is 30.4 Å². The quantitative estimate of drug-likeness (QED) is 0.0987. The number of H-pyrrole nitrogens is 2. The first-order chi connectivity index (χ1) is 21.8. The van der Waals surface area contributed by atoms with Gasteiger partial charge in [0.05, 0.1) is 48.1 Å². The third kappa shape index (κ3) is 4.28. The zero-order valence-corrected chi connectivity index (χ0v) is 26.7. The molecule has 6 aromatic carbocycles. The molecule has 0 unspecified atom stereocenters. The van der Waals surface area contributed by atoms with Gasteiger partial charge in [0, 0.05) is 21.5 Å². The van der Waals surface area contributed by atoms with E-state index in [2.05, 4.69) is 25.9 Å². The zero-order valence-electron chi connectivity index (χ0n) is 22.6. The topological polar surface area (TPSA) is 263 Å². The second-order valence-electron chi connectivity index (χ2n) is 10.4. The molecule has 5 N–H and O–H groups in total. The van der Waals surface area contributed by atoms with Gasteiger partial charge in [-0.2, -0.15) is 25.3 Å². The Labute approximate surface area is 267 Å². The highest BCUT2D eigenvalue weighted by Crippen LogP contribution is 2.40. The molecule has 0 aliphatic carbocycles. The summed E-state index contributed by atoms with van der Waals surface area (Å²) in [7, 11) is -17.7. The molecule has 0 aliphatic heterocycles. The van der Waals surface area contributed by atoms with Crippen molar-refractivity contribution in [2.45, 2.75) is 14.7 Å². The highest BCUT2D eigenvalue weighted by atomic mass is 79.9. The highest BCUT2D eigenvalue weighted by Gasteiger charge is 2.39. The van der Waals surface area contributed by atoms with Crippen molar-refractivity contribution >= 4 is 111 Å². The number of benzene rings is 6. The Morgan fingerprint density at radius 3 is 1.38 bits per heavy atom. The Balaban J connectivity index is 1.77. The lowest BCUT2D eigenvalue weighted by molar-refractivity contribution is 0.456. The van der Waals surface area contributed by atoms with E-state index in [9.17, 15) is 58.1 Å². The maximum absolute atomic E-state index is 14.2. The van der Waals surface area contributed by atoms with Crippen LogP contribution in [0, 0.1) is 0 Å². The fraction of sp³-hybridized carbons (Fsp3) is 0. The van der Waals surface area contributed by atoms with Crippen molar-refractivity contribution in [3.63, 3.8) is 0 Å². The summed E-state index contributed by atoms with van der Waals surface area (Å²) in [5, 5.41) is -2.94.